The number of rotatable bonds is 3. The van der Waals surface area contributed by atoms with E-state index in [1.54, 1.807) is 6.20 Å². The van der Waals surface area contributed by atoms with Crippen LogP contribution in [0, 0.1) is 0 Å². The molecule has 0 atom stereocenters. The highest BCUT2D eigenvalue weighted by molar-refractivity contribution is 5.97. The maximum Gasteiger partial charge on any atom is 0.167 e. The number of nitrogens with one attached hydrogen (secondary N) is 1. The molecule has 0 radical (unpaired) electrons. The number of Topliss-reactive ketones (excluding diaryl/α,β-unsaturated/α-hetero) is 1. The summed E-state index contributed by atoms with van der Waals surface area (Å²) in [6.45, 7) is 6.51. The normalized spacial score (nSPS) is 11.7. The molecule has 1 heterocycles. The van der Waals surface area contributed by atoms with Crippen LogP contribution in [0.25, 0.3) is 0 Å². The van der Waals surface area contributed by atoms with Crippen molar-refractivity contribution in [3.05, 3.63) is 17.5 Å². The number of ketones is 1. The van der Waals surface area contributed by atoms with Crippen LogP contribution in [0.4, 0.5) is 0 Å². The maximum atomic E-state index is 11.6. The summed E-state index contributed by atoms with van der Waals surface area (Å²) < 4.78 is 0. The molecule has 78 valence electrons. The molecule has 0 saturated carbocycles. The third-order valence-corrected chi connectivity index (χ3v) is 2.06. The van der Waals surface area contributed by atoms with E-state index in [0.717, 1.165) is 5.69 Å². The van der Waals surface area contributed by atoms with Gasteiger partial charge in [-0.3, -0.25) is 9.89 Å². The van der Waals surface area contributed by atoms with Crippen molar-refractivity contribution >= 4 is 5.78 Å². The lowest BCUT2D eigenvalue weighted by Gasteiger charge is -2.17. The lowest BCUT2D eigenvalue weighted by Crippen LogP contribution is -2.17. The summed E-state index contributed by atoms with van der Waals surface area (Å²) >= 11 is 0. The van der Waals surface area contributed by atoms with Crippen molar-refractivity contribution in [3.63, 3.8) is 0 Å². The number of nitrogens with zero attached hydrogens (tertiary/aromatic N) is 1. The average molecular weight is 195 g/mol. The summed E-state index contributed by atoms with van der Waals surface area (Å²) in [5, 5.41) is 6.78. The van der Waals surface area contributed by atoms with E-state index in [2.05, 4.69) is 10.2 Å². The van der Waals surface area contributed by atoms with Crippen molar-refractivity contribution < 1.29 is 4.79 Å². The van der Waals surface area contributed by atoms with E-state index in [1.807, 2.05) is 20.8 Å². The van der Waals surface area contributed by atoms with Gasteiger partial charge >= 0.3 is 0 Å². The molecule has 0 unspecified atom stereocenters. The van der Waals surface area contributed by atoms with E-state index in [9.17, 15) is 4.79 Å². The first-order valence-corrected chi connectivity index (χ1v) is 4.74. The number of nitrogens with two attached hydrogens (primary N) is 1. The molecule has 0 spiro atoms. The van der Waals surface area contributed by atoms with Gasteiger partial charge in [-0.25, -0.2) is 0 Å². The SMILES string of the molecule is CC(C)(C)c1[nH]ncc1C(=O)CCN. The fourth-order valence-electron chi connectivity index (χ4n) is 1.34. The lowest BCUT2D eigenvalue weighted by molar-refractivity contribution is 0.0983. The smallest absolute Gasteiger partial charge is 0.167 e. The quantitative estimate of drug-likeness (QED) is 0.713. The molecule has 0 amide bonds. The van der Waals surface area contributed by atoms with Crippen molar-refractivity contribution in [3.8, 4) is 0 Å². The van der Waals surface area contributed by atoms with E-state index >= 15 is 0 Å². The molecular weight excluding hydrogens is 178 g/mol. The number of carbonyl (C=O) groups excluding carboxylic acids is 1. The molecule has 1 rings (SSSR count). The van der Waals surface area contributed by atoms with Crippen LogP contribution in [0.3, 0.4) is 0 Å². The Kier molecular flexibility index (Phi) is 3.06. The third kappa shape index (κ3) is 2.20. The fraction of sp³-hybridized carbons (Fsp3) is 0.600. The van der Waals surface area contributed by atoms with Gasteiger partial charge in [-0.2, -0.15) is 5.10 Å². The van der Waals surface area contributed by atoms with Gasteiger partial charge in [-0.1, -0.05) is 20.8 Å². The zero-order chi connectivity index (χ0) is 10.8. The molecular formula is C10H17N3O. The van der Waals surface area contributed by atoms with Crippen LogP contribution in [0.2, 0.25) is 0 Å². The van der Waals surface area contributed by atoms with Crippen LogP contribution in [0.1, 0.15) is 43.2 Å². The molecule has 4 heteroatoms. The number of aromatic nitrogens is 2. The zero-order valence-corrected chi connectivity index (χ0v) is 8.92. The largest absolute Gasteiger partial charge is 0.330 e. The number of hydrogen-bond acceptors (Lipinski definition) is 3. The molecule has 0 fully saturated rings. The van der Waals surface area contributed by atoms with Gasteiger partial charge < -0.3 is 5.73 Å². The van der Waals surface area contributed by atoms with Crippen LogP contribution in [-0.4, -0.2) is 22.5 Å². The summed E-state index contributed by atoms with van der Waals surface area (Å²) in [7, 11) is 0. The lowest BCUT2D eigenvalue weighted by atomic mass is 9.88. The Morgan fingerprint density at radius 3 is 2.71 bits per heavy atom. The Bertz CT molecular complexity index is 322. The minimum absolute atomic E-state index is 0.0613. The molecule has 1 aromatic rings. The van der Waals surface area contributed by atoms with Crippen molar-refractivity contribution in [1.29, 1.82) is 0 Å². The Balaban J connectivity index is 2.99. The molecule has 0 saturated heterocycles. The highest BCUT2D eigenvalue weighted by atomic mass is 16.1. The van der Waals surface area contributed by atoms with E-state index in [0.29, 0.717) is 18.5 Å². The molecule has 14 heavy (non-hydrogen) atoms. The Labute approximate surface area is 83.9 Å². The molecule has 1 aromatic heterocycles. The Morgan fingerprint density at radius 1 is 1.57 bits per heavy atom. The van der Waals surface area contributed by atoms with Crippen LogP contribution < -0.4 is 5.73 Å². The van der Waals surface area contributed by atoms with Gasteiger partial charge in [0.15, 0.2) is 5.78 Å². The second-order valence-corrected chi connectivity index (χ2v) is 4.37. The fourth-order valence-corrected chi connectivity index (χ4v) is 1.34. The molecule has 0 aromatic carbocycles. The van der Waals surface area contributed by atoms with Crippen LogP contribution >= 0.6 is 0 Å². The van der Waals surface area contributed by atoms with Crippen molar-refractivity contribution in [2.75, 3.05) is 6.54 Å². The van der Waals surface area contributed by atoms with Crippen LogP contribution in [-0.2, 0) is 5.41 Å². The molecule has 3 N–H and O–H groups in total. The summed E-state index contributed by atoms with van der Waals surface area (Å²) in [5.41, 5.74) is 6.81. The minimum atomic E-state index is -0.0872. The molecule has 4 nitrogen and oxygen atoms in total. The van der Waals surface area contributed by atoms with E-state index in [1.165, 1.54) is 0 Å². The first kappa shape index (κ1) is 10.9. The topological polar surface area (TPSA) is 71.8 Å². The van der Waals surface area contributed by atoms with E-state index in [-0.39, 0.29) is 11.2 Å². The first-order valence-electron chi connectivity index (χ1n) is 4.74. The number of H-pyrrole nitrogens is 1. The third-order valence-electron chi connectivity index (χ3n) is 2.06. The van der Waals surface area contributed by atoms with Crippen molar-refractivity contribution in [2.45, 2.75) is 32.6 Å². The predicted octanol–water partition coefficient (Wildman–Crippen LogP) is 1.24. The Hall–Kier alpha value is -1.16. The molecule has 0 bridgehead atoms. The van der Waals surface area contributed by atoms with Gasteiger partial charge in [0.1, 0.15) is 0 Å². The monoisotopic (exact) mass is 195 g/mol. The van der Waals surface area contributed by atoms with Gasteiger partial charge in [0.25, 0.3) is 0 Å². The number of carbonyl (C=O) groups is 1. The summed E-state index contributed by atoms with van der Waals surface area (Å²) in [5.74, 6) is 0.0613. The first-order chi connectivity index (χ1) is 6.46. The van der Waals surface area contributed by atoms with Gasteiger partial charge in [-0.05, 0) is 6.54 Å². The van der Waals surface area contributed by atoms with Crippen LogP contribution in [0.15, 0.2) is 6.20 Å². The summed E-state index contributed by atoms with van der Waals surface area (Å²) in [6.07, 6.45) is 1.96. The number of aromatic amines is 1. The molecule has 0 aliphatic heterocycles. The van der Waals surface area contributed by atoms with Gasteiger partial charge in [0, 0.05) is 11.8 Å². The van der Waals surface area contributed by atoms with Gasteiger partial charge in [-0.15, -0.1) is 0 Å². The van der Waals surface area contributed by atoms with Gasteiger partial charge in [0.2, 0.25) is 0 Å². The second-order valence-electron chi connectivity index (χ2n) is 4.37. The molecule has 0 aliphatic carbocycles. The second kappa shape index (κ2) is 3.92. The highest BCUT2D eigenvalue weighted by Crippen LogP contribution is 2.23. The van der Waals surface area contributed by atoms with Crippen molar-refractivity contribution in [1.82, 2.24) is 10.2 Å². The van der Waals surface area contributed by atoms with Crippen molar-refractivity contribution in [2.24, 2.45) is 5.73 Å². The average Bonchev–Trinajstić information content (AvgIpc) is 2.50. The predicted molar refractivity (Wildman–Crippen MR) is 55.3 cm³/mol. The summed E-state index contributed by atoms with van der Waals surface area (Å²) in [4.78, 5) is 11.6. The molecule has 0 aliphatic rings. The van der Waals surface area contributed by atoms with Crippen LogP contribution in [0.5, 0.6) is 0 Å². The summed E-state index contributed by atoms with van der Waals surface area (Å²) in [6, 6.07) is 0. The maximum absolute atomic E-state index is 11.6. The Morgan fingerprint density at radius 2 is 2.21 bits per heavy atom. The minimum Gasteiger partial charge on any atom is -0.330 e. The van der Waals surface area contributed by atoms with Gasteiger partial charge in [0.05, 0.1) is 17.5 Å². The highest BCUT2D eigenvalue weighted by Gasteiger charge is 2.23. The zero-order valence-electron chi connectivity index (χ0n) is 8.92. The van der Waals surface area contributed by atoms with E-state index < -0.39 is 0 Å². The standard InChI is InChI=1S/C10H17N3O/c1-10(2,3)9-7(6-12-13-9)8(14)4-5-11/h6H,4-5,11H2,1-3H3,(H,12,13). The number of hydrogen-bond donors (Lipinski definition) is 2. The van der Waals surface area contributed by atoms with E-state index in [4.69, 9.17) is 5.73 Å².